The molecular formula is C15H17N3O6. The van der Waals surface area contributed by atoms with Gasteiger partial charge in [0.2, 0.25) is 0 Å². The average molecular weight is 335 g/mol. The number of aryl methyl sites for hydroxylation is 1. The predicted octanol–water partition coefficient (Wildman–Crippen LogP) is 0.296. The van der Waals surface area contributed by atoms with Gasteiger partial charge in [0.1, 0.15) is 11.3 Å². The number of aromatic amines is 1. The molecule has 2 heterocycles. The fraction of sp³-hybridized carbons (Fsp3) is 0.333. The molecule has 0 fully saturated rings. The van der Waals surface area contributed by atoms with Crippen molar-refractivity contribution in [3.05, 3.63) is 45.6 Å². The van der Waals surface area contributed by atoms with Crippen molar-refractivity contribution in [3.63, 3.8) is 0 Å². The van der Waals surface area contributed by atoms with E-state index < -0.39 is 29.2 Å². The monoisotopic (exact) mass is 335 g/mol. The Morgan fingerprint density at radius 2 is 2.08 bits per heavy atom. The maximum atomic E-state index is 12.3. The molecule has 0 amide bonds. The molecule has 1 atom stereocenters. The van der Waals surface area contributed by atoms with Crippen LogP contribution in [-0.4, -0.2) is 46.0 Å². The number of hydrogen-bond acceptors (Lipinski definition) is 7. The average Bonchev–Trinajstić information content (AvgIpc) is 2.99. The van der Waals surface area contributed by atoms with Gasteiger partial charge >= 0.3 is 11.9 Å². The Morgan fingerprint density at radius 1 is 1.38 bits per heavy atom. The van der Waals surface area contributed by atoms with Crippen LogP contribution in [0.5, 0.6) is 5.75 Å². The Balaban J connectivity index is 2.66. The number of methoxy groups -OCH3 is 2. The molecule has 0 aliphatic rings. The highest BCUT2D eigenvalue weighted by Gasteiger charge is 2.29. The van der Waals surface area contributed by atoms with Crippen molar-refractivity contribution in [2.75, 3.05) is 14.2 Å². The lowest BCUT2D eigenvalue weighted by Gasteiger charge is -2.18. The molecule has 0 spiro atoms. The summed E-state index contributed by atoms with van der Waals surface area (Å²) in [6, 6.07) is 1.61. The van der Waals surface area contributed by atoms with E-state index in [1.54, 1.807) is 13.1 Å². The molecule has 9 heteroatoms. The third kappa shape index (κ3) is 3.14. The lowest BCUT2D eigenvalue weighted by Crippen LogP contribution is -2.23. The second-order valence-corrected chi connectivity index (χ2v) is 5.00. The first-order chi connectivity index (χ1) is 11.4. The van der Waals surface area contributed by atoms with Gasteiger partial charge in [0.05, 0.1) is 26.2 Å². The van der Waals surface area contributed by atoms with Gasteiger partial charge in [0.25, 0.3) is 5.56 Å². The Kier molecular flexibility index (Phi) is 5.02. The number of nitrogens with one attached hydrogen (secondary N) is 1. The largest absolute Gasteiger partial charge is 0.506 e. The second-order valence-electron chi connectivity index (χ2n) is 5.00. The van der Waals surface area contributed by atoms with Crippen LogP contribution in [-0.2, 0) is 21.3 Å². The van der Waals surface area contributed by atoms with Gasteiger partial charge < -0.3 is 19.6 Å². The van der Waals surface area contributed by atoms with Crippen molar-refractivity contribution in [3.8, 4) is 5.75 Å². The van der Waals surface area contributed by atoms with Crippen LogP contribution in [0.3, 0.4) is 0 Å². The molecule has 0 saturated carbocycles. The number of carbonyl (C=O) groups excluding carboxylic acids is 2. The fourth-order valence-corrected chi connectivity index (χ4v) is 2.46. The van der Waals surface area contributed by atoms with Crippen LogP contribution in [0.25, 0.3) is 0 Å². The van der Waals surface area contributed by atoms with Crippen molar-refractivity contribution < 1.29 is 24.2 Å². The molecule has 0 aliphatic carbocycles. The topological polar surface area (TPSA) is 124 Å². The van der Waals surface area contributed by atoms with Gasteiger partial charge in [-0.15, -0.1) is 0 Å². The minimum absolute atomic E-state index is 0.132. The number of nitrogens with zero attached hydrogens (tertiary/aromatic N) is 2. The van der Waals surface area contributed by atoms with Gasteiger partial charge in [-0.3, -0.25) is 14.3 Å². The number of aromatic hydroxyl groups is 1. The second kappa shape index (κ2) is 6.99. The zero-order chi connectivity index (χ0) is 17.9. The van der Waals surface area contributed by atoms with Crippen molar-refractivity contribution in [2.24, 2.45) is 7.05 Å². The molecule has 0 saturated heterocycles. The van der Waals surface area contributed by atoms with Crippen LogP contribution in [0, 0.1) is 0 Å². The van der Waals surface area contributed by atoms with Crippen molar-refractivity contribution >= 4 is 11.9 Å². The molecule has 0 aliphatic heterocycles. The number of esters is 2. The van der Waals surface area contributed by atoms with Crippen molar-refractivity contribution in [2.45, 2.75) is 12.3 Å². The van der Waals surface area contributed by atoms with Crippen molar-refractivity contribution in [1.82, 2.24) is 14.8 Å². The van der Waals surface area contributed by atoms with Gasteiger partial charge in [-0.05, 0) is 6.07 Å². The van der Waals surface area contributed by atoms with Gasteiger partial charge in [-0.1, -0.05) is 0 Å². The molecule has 0 bridgehead atoms. The maximum Gasteiger partial charge on any atom is 0.343 e. The number of H-pyrrole nitrogens is 1. The summed E-state index contributed by atoms with van der Waals surface area (Å²) >= 11 is 0. The Morgan fingerprint density at radius 3 is 2.62 bits per heavy atom. The molecule has 2 aromatic rings. The summed E-state index contributed by atoms with van der Waals surface area (Å²) < 4.78 is 10.7. The maximum absolute atomic E-state index is 12.3. The summed E-state index contributed by atoms with van der Waals surface area (Å²) in [4.78, 5) is 38.2. The predicted molar refractivity (Wildman–Crippen MR) is 81.8 cm³/mol. The molecule has 0 radical (unpaired) electrons. The summed E-state index contributed by atoms with van der Waals surface area (Å²) in [5.41, 5.74) is -0.463. The lowest BCUT2D eigenvalue weighted by atomic mass is 9.91. The molecular weight excluding hydrogens is 318 g/mol. The zero-order valence-electron chi connectivity index (χ0n) is 13.4. The number of ether oxygens (including phenoxy) is 2. The van der Waals surface area contributed by atoms with E-state index in [1.807, 2.05) is 0 Å². The molecule has 2 aromatic heterocycles. The van der Waals surface area contributed by atoms with Crippen LogP contribution in [0.15, 0.2) is 23.3 Å². The minimum Gasteiger partial charge on any atom is -0.506 e. The number of aromatic nitrogens is 3. The zero-order valence-corrected chi connectivity index (χ0v) is 13.4. The van der Waals surface area contributed by atoms with Crippen LogP contribution < -0.4 is 5.56 Å². The van der Waals surface area contributed by atoms with E-state index in [0.717, 1.165) is 13.3 Å². The molecule has 128 valence electrons. The Bertz CT molecular complexity index is 823. The summed E-state index contributed by atoms with van der Waals surface area (Å²) in [6.07, 6.45) is 2.34. The first-order valence-corrected chi connectivity index (χ1v) is 6.98. The molecule has 2 N–H and O–H groups in total. The van der Waals surface area contributed by atoms with Gasteiger partial charge in [-0.25, -0.2) is 4.79 Å². The van der Waals surface area contributed by atoms with E-state index in [9.17, 15) is 19.5 Å². The summed E-state index contributed by atoms with van der Waals surface area (Å²) in [5.74, 6) is -2.78. The van der Waals surface area contributed by atoms with Crippen LogP contribution >= 0.6 is 0 Å². The molecule has 0 unspecified atom stereocenters. The third-order valence-electron chi connectivity index (χ3n) is 3.67. The van der Waals surface area contributed by atoms with E-state index in [0.29, 0.717) is 5.69 Å². The van der Waals surface area contributed by atoms with Gasteiger partial charge in [-0.2, -0.15) is 5.10 Å². The van der Waals surface area contributed by atoms with Crippen LogP contribution in [0.4, 0.5) is 0 Å². The van der Waals surface area contributed by atoms with Crippen molar-refractivity contribution in [1.29, 1.82) is 0 Å². The Labute approximate surface area is 136 Å². The highest BCUT2D eigenvalue weighted by atomic mass is 16.5. The highest BCUT2D eigenvalue weighted by Crippen LogP contribution is 2.33. The van der Waals surface area contributed by atoms with Gasteiger partial charge in [0, 0.05) is 31.1 Å². The number of pyridine rings is 1. The molecule has 2 rings (SSSR count). The standard InChI is InChI=1S/C15H17N3O6/c1-18-10(4-5-17-18)8(6-11(19)23-2)12-13(20)9(15(22)24-3)7-16-14(12)21/h4-5,7-8H,6H2,1-3H3,(H2,16,20,21)/t8-/m1/s1. The summed E-state index contributed by atoms with van der Waals surface area (Å²) in [7, 11) is 4.01. The minimum atomic E-state index is -0.849. The quantitative estimate of drug-likeness (QED) is 0.753. The summed E-state index contributed by atoms with van der Waals surface area (Å²) in [5, 5.41) is 14.4. The lowest BCUT2D eigenvalue weighted by molar-refractivity contribution is -0.140. The van der Waals surface area contributed by atoms with E-state index in [-0.39, 0.29) is 17.5 Å². The normalized spacial score (nSPS) is 11.8. The summed E-state index contributed by atoms with van der Waals surface area (Å²) in [6.45, 7) is 0. The van der Waals surface area contributed by atoms with E-state index in [4.69, 9.17) is 0 Å². The SMILES string of the molecule is COC(=O)C[C@@H](c1c(O)c(C(=O)OC)c[nH]c1=O)c1ccnn1C. The highest BCUT2D eigenvalue weighted by molar-refractivity contribution is 5.92. The van der Waals surface area contributed by atoms with E-state index in [1.165, 1.54) is 18.0 Å². The molecule has 0 aromatic carbocycles. The first kappa shape index (κ1) is 17.3. The smallest absolute Gasteiger partial charge is 0.343 e. The number of hydrogen-bond donors (Lipinski definition) is 2. The fourth-order valence-electron chi connectivity index (χ4n) is 2.46. The van der Waals surface area contributed by atoms with E-state index >= 15 is 0 Å². The Hall–Kier alpha value is -3.10. The first-order valence-electron chi connectivity index (χ1n) is 6.98. The third-order valence-corrected chi connectivity index (χ3v) is 3.67. The molecule has 24 heavy (non-hydrogen) atoms. The van der Waals surface area contributed by atoms with E-state index in [2.05, 4.69) is 19.6 Å². The number of carbonyl (C=O) groups is 2. The molecule has 9 nitrogen and oxygen atoms in total. The number of rotatable bonds is 5. The van der Waals surface area contributed by atoms with Crippen LogP contribution in [0.1, 0.15) is 34.0 Å². The van der Waals surface area contributed by atoms with Crippen LogP contribution in [0.2, 0.25) is 0 Å². The van der Waals surface area contributed by atoms with Gasteiger partial charge in [0.15, 0.2) is 0 Å².